The van der Waals surface area contributed by atoms with Gasteiger partial charge < -0.3 is 15.6 Å². The highest BCUT2D eigenvalue weighted by molar-refractivity contribution is 8.00. The van der Waals surface area contributed by atoms with E-state index in [4.69, 9.17) is 5.73 Å². The number of nitrogens with two attached hydrogens (primary N) is 1. The first kappa shape index (κ1) is 20.1. The second-order valence-corrected chi connectivity index (χ2v) is 10.3. The van der Waals surface area contributed by atoms with Crippen LogP contribution in [0.5, 0.6) is 0 Å². The standard InChI is InChI=1S/C19H21N5O2S3/c1-10(28-19-23-22-14(24(19)2)9-11-5-4-8-27-11)17(26)21-18-15(16(20)25)12-6-3-7-13(12)29-18/h4-5,8,10H,3,6-7,9H2,1-2H3,(H2,20,25)(H,21,26)/t10-/m1/s1. The van der Waals surface area contributed by atoms with Crippen molar-refractivity contribution in [1.82, 2.24) is 14.8 Å². The van der Waals surface area contributed by atoms with E-state index in [0.29, 0.717) is 22.1 Å². The van der Waals surface area contributed by atoms with Crippen molar-refractivity contribution >= 4 is 51.3 Å². The summed E-state index contributed by atoms with van der Waals surface area (Å²) < 4.78 is 1.92. The summed E-state index contributed by atoms with van der Waals surface area (Å²) in [6.45, 7) is 1.82. The fraction of sp³-hybridized carbons (Fsp3) is 0.368. The highest BCUT2D eigenvalue weighted by atomic mass is 32.2. The third-order valence-electron chi connectivity index (χ3n) is 4.89. The maximum absolute atomic E-state index is 12.8. The number of nitrogens with zero attached hydrogens (tertiary/aromatic N) is 3. The second-order valence-electron chi connectivity index (χ2n) is 6.89. The van der Waals surface area contributed by atoms with E-state index in [9.17, 15) is 9.59 Å². The summed E-state index contributed by atoms with van der Waals surface area (Å²) in [7, 11) is 1.91. The topological polar surface area (TPSA) is 103 Å². The number of thiophene rings is 2. The number of thioether (sulfide) groups is 1. The lowest BCUT2D eigenvalue weighted by Crippen LogP contribution is -2.24. The Labute approximate surface area is 180 Å². The van der Waals surface area contributed by atoms with Gasteiger partial charge in [0.05, 0.1) is 10.8 Å². The number of carbonyl (C=O) groups excluding carboxylic acids is 2. The molecule has 7 nitrogen and oxygen atoms in total. The van der Waals surface area contributed by atoms with Gasteiger partial charge in [0.2, 0.25) is 5.91 Å². The molecule has 4 rings (SSSR count). The molecule has 10 heteroatoms. The third-order valence-corrected chi connectivity index (χ3v) is 8.11. The molecule has 0 aromatic carbocycles. The van der Waals surface area contributed by atoms with Crippen molar-refractivity contribution in [3.63, 3.8) is 0 Å². The van der Waals surface area contributed by atoms with Gasteiger partial charge in [0.25, 0.3) is 5.91 Å². The van der Waals surface area contributed by atoms with E-state index in [1.807, 2.05) is 30.0 Å². The molecule has 29 heavy (non-hydrogen) atoms. The van der Waals surface area contributed by atoms with E-state index in [1.165, 1.54) is 28.0 Å². The Balaban J connectivity index is 1.44. The maximum Gasteiger partial charge on any atom is 0.251 e. The first-order valence-electron chi connectivity index (χ1n) is 9.26. The van der Waals surface area contributed by atoms with Gasteiger partial charge in [0.1, 0.15) is 10.8 Å². The van der Waals surface area contributed by atoms with Crippen LogP contribution in [0, 0.1) is 0 Å². The van der Waals surface area contributed by atoms with Crippen LogP contribution in [-0.2, 0) is 31.1 Å². The molecule has 1 aliphatic carbocycles. The van der Waals surface area contributed by atoms with Gasteiger partial charge in [-0.1, -0.05) is 17.8 Å². The molecule has 3 aromatic heterocycles. The van der Waals surface area contributed by atoms with Gasteiger partial charge in [-0.25, -0.2) is 0 Å². The normalized spacial score (nSPS) is 14.0. The monoisotopic (exact) mass is 447 g/mol. The molecule has 0 fully saturated rings. The van der Waals surface area contributed by atoms with Crippen molar-refractivity contribution in [3.8, 4) is 0 Å². The van der Waals surface area contributed by atoms with E-state index >= 15 is 0 Å². The third kappa shape index (κ3) is 4.10. The lowest BCUT2D eigenvalue weighted by molar-refractivity contribution is -0.115. The zero-order valence-corrected chi connectivity index (χ0v) is 18.5. The summed E-state index contributed by atoms with van der Waals surface area (Å²) in [5.74, 6) is 0.194. The Morgan fingerprint density at radius 1 is 1.38 bits per heavy atom. The molecule has 1 atom stereocenters. The minimum atomic E-state index is -0.480. The Morgan fingerprint density at radius 2 is 2.21 bits per heavy atom. The number of rotatable bonds is 7. The number of anilines is 1. The van der Waals surface area contributed by atoms with Crippen LogP contribution in [-0.4, -0.2) is 31.8 Å². The molecular formula is C19H21N5O2S3. The summed E-state index contributed by atoms with van der Waals surface area (Å²) in [5, 5.41) is 14.3. The predicted molar refractivity (Wildman–Crippen MR) is 117 cm³/mol. The predicted octanol–water partition coefficient (Wildman–Crippen LogP) is 3.24. The number of aryl methyl sites for hydroxylation is 1. The van der Waals surface area contributed by atoms with Gasteiger partial charge in [-0.05, 0) is 43.2 Å². The summed E-state index contributed by atoms with van der Waals surface area (Å²) in [5.41, 5.74) is 7.06. The van der Waals surface area contributed by atoms with Gasteiger partial charge in [-0.15, -0.1) is 32.9 Å². The van der Waals surface area contributed by atoms with Crippen molar-refractivity contribution in [2.45, 2.75) is 43.0 Å². The number of primary amides is 1. The Morgan fingerprint density at radius 3 is 2.93 bits per heavy atom. The quantitative estimate of drug-likeness (QED) is 0.541. The molecule has 0 spiro atoms. The zero-order valence-electron chi connectivity index (χ0n) is 16.1. The fourth-order valence-corrected chi connectivity index (χ4v) is 6.18. The Hall–Kier alpha value is -2.17. The Kier molecular flexibility index (Phi) is 5.75. The van der Waals surface area contributed by atoms with E-state index in [1.54, 1.807) is 11.3 Å². The second kappa shape index (κ2) is 8.29. The van der Waals surface area contributed by atoms with Crippen molar-refractivity contribution in [1.29, 1.82) is 0 Å². The average molecular weight is 448 g/mol. The highest BCUT2D eigenvalue weighted by Gasteiger charge is 2.27. The van der Waals surface area contributed by atoms with Crippen molar-refractivity contribution in [2.24, 2.45) is 12.8 Å². The molecule has 0 unspecified atom stereocenters. The fourth-order valence-electron chi connectivity index (χ4n) is 3.35. The summed E-state index contributed by atoms with van der Waals surface area (Å²) >= 11 is 4.49. The van der Waals surface area contributed by atoms with Crippen LogP contribution < -0.4 is 11.1 Å². The van der Waals surface area contributed by atoms with Crippen molar-refractivity contribution in [2.75, 3.05) is 5.32 Å². The zero-order chi connectivity index (χ0) is 20.5. The van der Waals surface area contributed by atoms with Crippen molar-refractivity contribution < 1.29 is 9.59 Å². The molecule has 0 saturated carbocycles. The highest BCUT2D eigenvalue weighted by Crippen LogP contribution is 2.39. The van der Waals surface area contributed by atoms with Gasteiger partial charge in [-0.3, -0.25) is 9.59 Å². The molecule has 0 aliphatic heterocycles. The van der Waals surface area contributed by atoms with Crippen LogP contribution in [0.2, 0.25) is 0 Å². The number of nitrogens with one attached hydrogen (secondary N) is 1. The van der Waals surface area contributed by atoms with Gasteiger partial charge in [0.15, 0.2) is 5.16 Å². The summed E-state index contributed by atoms with van der Waals surface area (Å²) in [6.07, 6.45) is 3.52. The van der Waals surface area contributed by atoms with Crippen LogP contribution >= 0.6 is 34.4 Å². The number of carbonyl (C=O) groups is 2. The number of amides is 2. The van der Waals surface area contributed by atoms with E-state index < -0.39 is 11.2 Å². The molecular weight excluding hydrogens is 426 g/mol. The van der Waals surface area contributed by atoms with Gasteiger partial charge in [-0.2, -0.15) is 0 Å². The number of aromatic nitrogens is 3. The smallest absolute Gasteiger partial charge is 0.251 e. The minimum absolute atomic E-state index is 0.180. The number of hydrogen-bond acceptors (Lipinski definition) is 7. The van der Waals surface area contributed by atoms with Gasteiger partial charge in [0, 0.05) is 23.2 Å². The summed E-state index contributed by atoms with van der Waals surface area (Å²) in [6, 6.07) is 4.08. The number of fused-ring (bicyclic) bond motifs is 1. The maximum atomic E-state index is 12.8. The molecule has 0 saturated heterocycles. The van der Waals surface area contributed by atoms with Crippen LogP contribution in [0.1, 0.15) is 44.8 Å². The molecule has 3 aromatic rings. The van der Waals surface area contributed by atoms with E-state index in [2.05, 4.69) is 21.6 Å². The van der Waals surface area contributed by atoms with Crippen LogP contribution in [0.25, 0.3) is 0 Å². The first-order valence-corrected chi connectivity index (χ1v) is 11.8. The molecule has 2 amide bonds. The Bertz CT molecular complexity index is 1050. The summed E-state index contributed by atoms with van der Waals surface area (Å²) in [4.78, 5) is 27.0. The minimum Gasteiger partial charge on any atom is -0.365 e. The molecule has 1 aliphatic rings. The van der Waals surface area contributed by atoms with Crippen LogP contribution in [0.15, 0.2) is 22.7 Å². The lowest BCUT2D eigenvalue weighted by atomic mass is 10.1. The van der Waals surface area contributed by atoms with Crippen LogP contribution in [0.4, 0.5) is 5.00 Å². The molecule has 152 valence electrons. The van der Waals surface area contributed by atoms with Gasteiger partial charge >= 0.3 is 0 Å². The molecule has 3 heterocycles. The number of hydrogen-bond donors (Lipinski definition) is 2. The average Bonchev–Trinajstić information content (AvgIpc) is 3.43. The van der Waals surface area contributed by atoms with E-state index in [-0.39, 0.29) is 5.91 Å². The molecule has 0 bridgehead atoms. The van der Waals surface area contributed by atoms with Crippen molar-refractivity contribution in [3.05, 3.63) is 44.2 Å². The molecule has 0 radical (unpaired) electrons. The van der Waals surface area contributed by atoms with E-state index in [0.717, 1.165) is 35.5 Å². The first-order chi connectivity index (χ1) is 13.9. The SMILES string of the molecule is C[C@@H](Sc1nnc(Cc2cccs2)n1C)C(=O)Nc1sc2c(c1C(N)=O)CCC2. The lowest BCUT2D eigenvalue weighted by Gasteiger charge is -2.12. The van der Waals surface area contributed by atoms with Crippen LogP contribution in [0.3, 0.4) is 0 Å². The molecule has 3 N–H and O–H groups in total. The largest absolute Gasteiger partial charge is 0.365 e.